The van der Waals surface area contributed by atoms with Crippen molar-refractivity contribution in [3.05, 3.63) is 11.1 Å². The molecule has 1 fully saturated rings. The Kier molecular flexibility index (Phi) is 2.54. The van der Waals surface area contributed by atoms with Crippen LogP contribution in [-0.4, -0.2) is 14.8 Å². The fourth-order valence-electron chi connectivity index (χ4n) is 1.51. The Balaban J connectivity index is 2.02. The fourth-order valence-corrected chi connectivity index (χ4v) is 1.73. The molecule has 0 amide bonds. The molecule has 0 aromatic carbocycles. The summed E-state index contributed by atoms with van der Waals surface area (Å²) in [6.07, 6.45) is 4.91. The summed E-state index contributed by atoms with van der Waals surface area (Å²) in [5.41, 5.74) is 0. The van der Waals surface area contributed by atoms with Gasteiger partial charge in [0.05, 0.1) is 0 Å². The van der Waals surface area contributed by atoms with Gasteiger partial charge in [-0.2, -0.15) is 0 Å². The summed E-state index contributed by atoms with van der Waals surface area (Å²) >= 11 is 5.92. The van der Waals surface area contributed by atoms with Gasteiger partial charge in [0.2, 0.25) is 5.28 Å². The van der Waals surface area contributed by atoms with Gasteiger partial charge >= 0.3 is 0 Å². The molecule has 0 spiro atoms. The minimum Gasteiger partial charge on any atom is -0.302 e. The van der Waals surface area contributed by atoms with Crippen LogP contribution in [0.25, 0.3) is 0 Å². The van der Waals surface area contributed by atoms with Gasteiger partial charge < -0.3 is 4.57 Å². The lowest BCUT2D eigenvalue weighted by atomic mass is 10.3. The third-order valence-electron chi connectivity index (χ3n) is 2.56. The van der Waals surface area contributed by atoms with Crippen molar-refractivity contribution in [3.63, 3.8) is 0 Å². The van der Waals surface area contributed by atoms with Gasteiger partial charge in [0.15, 0.2) is 0 Å². The van der Waals surface area contributed by atoms with Gasteiger partial charge in [0.1, 0.15) is 5.82 Å². The summed E-state index contributed by atoms with van der Waals surface area (Å²) in [7, 11) is 0. The van der Waals surface area contributed by atoms with Crippen molar-refractivity contribution in [2.45, 2.75) is 39.2 Å². The Morgan fingerprint density at radius 1 is 1.46 bits per heavy atom. The van der Waals surface area contributed by atoms with Crippen LogP contribution in [0.5, 0.6) is 0 Å². The van der Waals surface area contributed by atoms with Gasteiger partial charge in [-0.25, -0.2) is 0 Å². The molecule has 1 aliphatic rings. The average Bonchev–Trinajstić information content (AvgIpc) is 2.88. The maximum Gasteiger partial charge on any atom is 0.225 e. The summed E-state index contributed by atoms with van der Waals surface area (Å²) < 4.78 is 2.03. The van der Waals surface area contributed by atoms with E-state index in [0.717, 1.165) is 24.7 Å². The van der Waals surface area contributed by atoms with Gasteiger partial charge in [0.25, 0.3) is 0 Å². The van der Waals surface area contributed by atoms with E-state index < -0.39 is 0 Å². The molecule has 0 atom stereocenters. The number of aromatic nitrogens is 3. The molecule has 1 heterocycles. The van der Waals surface area contributed by atoms with Crippen LogP contribution < -0.4 is 0 Å². The Bertz CT molecular complexity index is 291. The first-order chi connectivity index (χ1) is 6.31. The van der Waals surface area contributed by atoms with E-state index in [-0.39, 0.29) is 0 Å². The predicted octanol–water partition coefficient (Wildman–Crippen LogP) is 2.29. The summed E-state index contributed by atoms with van der Waals surface area (Å²) in [6, 6.07) is 0. The van der Waals surface area contributed by atoms with E-state index in [2.05, 4.69) is 17.1 Å². The highest BCUT2D eigenvalue weighted by Crippen LogP contribution is 2.33. The van der Waals surface area contributed by atoms with Crippen molar-refractivity contribution in [3.8, 4) is 0 Å². The highest BCUT2D eigenvalue weighted by Gasteiger charge is 2.21. The molecule has 0 unspecified atom stereocenters. The molecule has 3 nitrogen and oxygen atoms in total. The summed E-state index contributed by atoms with van der Waals surface area (Å²) in [4.78, 5) is 0. The van der Waals surface area contributed by atoms with Gasteiger partial charge in [0, 0.05) is 13.0 Å². The van der Waals surface area contributed by atoms with Crippen LogP contribution in [0.2, 0.25) is 5.28 Å². The van der Waals surface area contributed by atoms with Crippen LogP contribution in [0.1, 0.15) is 32.0 Å². The monoisotopic (exact) mass is 199 g/mol. The molecule has 1 aromatic heterocycles. The minimum absolute atomic E-state index is 0.539. The lowest BCUT2D eigenvalue weighted by Crippen LogP contribution is -2.03. The second kappa shape index (κ2) is 3.66. The van der Waals surface area contributed by atoms with Crippen molar-refractivity contribution in [2.75, 3.05) is 0 Å². The molecule has 1 aromatic rings. The highest BCUT2D eigenvalue weighted by atomic mass is 35.5. The van der Waals surface area contributed by atoms with Crippen molar-refractivity contribution >= 4 is 11.6 Å². The third-order valence-corrected chi connectivity index (χ3v) is 2.84. The zero-order valence-electron chi connectivity index (χ0n) is 7.83. The molecule has 0 radical (unpaired) electrons. The highest BCUT2D eigenvalue weighted by molar-refractivity contribution is 6.28. The second-order valence-electron chi connectivity index (χ2n) is 3.62. The average molecular weight is 200 g/mol. The third kappa shape index (κ3) is 2.02. The minimum atomic E-state index is 0.539. The van der Waals surface area contributed by atoms with Crippen molar-refractivity contribution < 1.29 is 0 Å². The topological polar surface area (TPSA) is 30.7 Å². The standard InChI is InChI=1S/C9H14ClN3/c1-2-8-11-12-9(10)13(8)6-5-7-3-4-7/h7H,2-6H2,1H3. The molecule has 1 saturated carbocycles. The predicted molar refractivity (Wildman–Crippen MR) is 51.8 cm³/mol. The molecule has 0 bridgehead atoms. The van der Waals surface area contributed by atoms with E-state index in [1.165, 1.54) is 19.3 Å². The van der Waals surface area contributed by atoms with E-state index in [4.69, 9.17) is 11.6 Å². The lowest BCUT2D eigenvalue weighted by molar-refractivity contribution is 0.576. The zero-order chi connectivity index (χ0) is 9.26. The molecular formula is C9H14ClN3. The van der Waals surface area contributed by atoms with Crippen LogP contribution >= 0.6 is 11.6 Å². The van der Waals surface area contributed by atoms with Gasteiger partial charge in [-0.05, 0) is 23.9 Å². The van der Waals surface area contributed by atoms with Gasteiger partial charge in [-0.3, -0.25) is 0 Å². The van der Waals surface area contributed by atoms with Gasteiger partial charge in [-0.1, -0.05) is 19.8 Å². The number of halogens is 1. The molecule has 0 N–H and O–H groups in total. The molecule has 0 saturated heterocycles. The number of hydrogen-bond acceptors (Lipinski definition) is 2. The van der Waals surface area contributed by atoms with Crippen LogP contribution in [0, 0.1) is 5.92 Å². The zero-order valence-corrected chi connectivity index (χ0v) is 8.59. The molecule has 0 aliphatic heterocycles. The number of nitrogens with zero attached hydrogens (tertiary/aromatic N) is 3. The van der Waals surface area contributed by atoms with Gasteiger partial charge in [-0.15, -0.1) is 10.2 Å². The van der Waals surface area contributed by atoms with Crippen LogP contribution in [0.3, 0.4) is 0 Å². The SMILES string of the molecule is CCc1nnc(Cl)n1CCC1CC1. The first-order valence-corrected chi connectivity index (χ1v) is 5.26. The second-order valence-corrected chi connectivity index (χ2v) is 3.96. The van der Waals surface area contributed by atoms with Crippen LogP contribution in [0.4, 0.5) is 0 Å². The van der Waals surface area contributed by atoms with E-state index in [1.54, 1.807) is 0 Å². The van der Waals surface area contributed by atoms with Crippen molar-refractivity contribution in [1.29, 1.82) is 0 Å². The number of aryl methyl sites for hydroxylation is 1. The van der Waals surface area contributed by atoms with Crippen molar-refractivity contribution in [1.82, 2.24) is 14.8 Å². The molecule has 1 aliphatic carbocycles. The molecular weight excluding hydrogens is 186 g/mol. The number of rotatable bonds is 4. The normalized spacial score (nSPS) is 16.5. The maximum atomic E-state index is 5.92. The van der Waals surface area contributed by atoms with Crippen LogP contribution in [-0.2, 0) is 13.0 Å². The fraction of sp³-hybridized carbons (Fsp3) is 0.778. The largest absolute Gasteiger partial charge is 0.302 e. The molecule has 72 valence electrons. The van der Waals surface area contributed by atoms with E-state index >= 15 is 0 Å². The lowest BCUT2D eigenvalue weighted by Gasteiger charge is -2.04. The molecule has 4 heteroatoms. The quantitative estimate of drug-likeness (QED) is 0.745. The summed E-state index contributed by atoms with van der Waals surface area (Å²) in [5.74, 6) is 1.94. The van der Waals surface area contributed by atoms with E-state index in [1.807, 2.05) is 4.57 Å². The van der Waals surface area contributed by atoms with E-state index in [9.17, 15) is 0 Å². The smallest absolute Gasteiger partial charge is 0.225 e. The van der Waals surface area contributed by atoms with E-state index in [0.29, 0.717) is 5.28 Å². The molecule has 2 rings (SSSR count). The maximum absolute atomic E-state index is 5.92. The first-order valence-electron chi connectivity index (χ1n) is 4.89. The first kappa shape index (κ1) is 9.00. The Hall–Kier alpha value is -0.570. The summed E-state index contributed by atoms with van der Waals surface area (Å²) in [6.45, 7) is 3.06. The van der Waals surface area contributed by atoms with Crippen molar-refractivity contribution in [2.24, 2.45) is 5.92 Å². The van der Waals surface area contributed by atoms with Crippen LogP contribution in [0.15, 0.2) is 0 Å². The Morgan fingerprint density at radius 2 is 2.23 bits per heavy atom. The number of hydrogen-bond donors (Lipinski definition) is 0. The molecule has 13 heavy (non-hydrogen) atoms. The Labute approximate surface area is 83.1 Å². The Morgan fingerprint density at radius 3 is 2.85 bits per heavy atom. The summed E-state index contributed by atoms with van der Waals surface area (Å²) in [5, 5.41) is 8.42.